The Bertz CT molecular complexity index is 229. The second kappa shape index (κ2) is 2.15. The molecule has 0 unspecified atom stereocenters. The first-order chi connectivity index (χ1) is 5.84. The smallest absolute Gasteiger partial charge is 0.407 e. The van der Waals surface area contributed by atoms with Crippen LogP contribution >= 0.6 is 0 Å². The summed E-state index contributed by atoms with van der Waals surface area (Å²) in [5.41, 5.74) is 0. The van der Waals surface area contributed by atoms with E-state index < -0.39 is 0 Å². The molecule has 0 aromatic rings. The van der Waals surface area contributed by atoms with Crippen LogP contribution in [-0.4, -0.2) is 18.7 Å². The molecule has 3 heteroatoms. The molecule has 0 spiro atoms. The molecule has 2 bridgehead atoms. The van der Waals surface area contributed by atoms with Crippen molar-refractivity contribution in [2.75, 3.05) is 6.61 Å². The minimum atomic E-state index is -0.205. The maximum absolute atomic E-state index is 10.9. The van der Waals surface area contributed by atoms with E-state index in [0.717, 1.165) is 11.8 Å². The van der Waals surface area contributed by atoms with Gasteiger partial charge >= 0.3 is 6.09 Å². The maximum Gasteiger partial charge on any atom is 0.407 e. The Hall–Kier alpha value is -0.730. The van der Waals surface area contributed by atoms with E-state index in [2.05, 4.69) is 5.32 Å². The number of nitrogens with one attached hydrogen (secondary N) is 1. The van der Waals surface area contributed by atoms with Gasteiger partial charge < -0.3 is 10.1 Å². The average molecular weight is 167 g/mol. The Morgan fingerprint density at radius 1 is 1.33 bits per heavy atom. The molecule has 66 valence electrons. The highest BCUT2D eigenvalue weighted by molar-refractivity contribution is 5.68. The first-order valence-electron chi connectivity index (χ1n) is 4.78. The topological polar surface area (TPSA) is 38.3 Å². The molecule has 1 heterocycles. The Balaban J connectivity index is 1.85. The zero-order valence-electron chi connectivity index (χ0n) is 6.95. The number of hydrogen-bond donors (Lipinski definition) is 1. The Morgan fingerprint density at radius 3 is 3.08 bits per heavy atom. The Kier molecular flexibility index (Phi) is 1.21. The molecule has 4 atom stereocenters. The number of fused-ring (bicyclic) bond motifs is 5. The Labute approximate surface area is 71.5 Å². The highest BCUT2D eigenvalue weighted by Crippen LogP contribution is 2.49. The molecule has 2 saturated carbocycles. The van der Waals surface area contributed by atoms with Gasteiger partial charge in [-0.15, -0.1) is 0 Å². The van der Waals surface area contributed by atoms with Crippen LogP contribution < -0.4 is 5.32 Å². The molecular formula is C9H13NO2. The number of rotatable bonds is 0. The van der Waals surface area contributed by atoms with E-state index in [9.17, 15) is 4.79 Å². The third-order valence-electron chi connectivity index (χ3n) is 3.78. The van der Waals surface area contributed by atoms with Gasteiger partial charge in [0.2, 0.25) is 0 Å². The van der Waals surface area contributed by atoms with E-state index in [1.54, 1.807) is 0 Å². The fraction of sp³-hybridized carbons (Fsp3) is 0.889. The monoisotopic (exact) mass is 167 g/mol. The van der Waals surface area contributed by atoms with Crippen molar-refractivity contribution in [3.63, 3.8) is 0 Å². The van der Waals surface area contributed by atoms with Gasteiger partial charge in [-0.1, -0.05) is 0 Å². The quantitative estimate of drug-likeness (QED) is 0.587. The van der Waals surface area contributed by atoms with Crippen molar-refractivity contribution >= 4 is 6.09 Å². The van der Waals surface area contributed by atoms with Crippen LogP contribution in [0.2, 0.25) is 0 Å². The molecular weight excluding hydrogens is 154 g/mol. The maximum atomic E-state index is 10.9. The van der Waals surface area contributed by atoms with Crippen molar-refractivity contribution in [2.24, 2.45) is 17.8 Å². The zero-order chi connectivity index (χ0) is 8.13. The van der Waals surface area contributed by atoms with E-state index in [4.69, 9.17) is 4.74 Å². The number of carbonyl (C=O) groups is 1. The summed E-state index contributed by atoms with van der Waals surface area (Å²) in [6, 6.07) is 0.449. The summed E-state index contributed by atoms with van der Waals surface area (Å²) >= 11 is 0. The van der Waals surface area contributed by atoms with Crippen LogP contribution in [0.5, 0.6) is 0 Å². The molecule has 1 aliphatic heterocycles. The molecule has 12 heavy (non-hydrogen) atoms. The van der Waals surface area contributed by atoms with Crippen molar-refractivity contribution in [3.8, 4) is 0 Å². The van der Waals surface area contributed by atoms with Crippen molar-refractivity contribution in [1.82, 2.24) is 5.32 Å². The molecule has 3 aliphatic rings. The predicted molar refractivity (Wildman–Crippen MR) is 42.6 cm³/mol. The number of cyclic esters (lactones) is 1. The van der Waals surface area contributed by atoms with Crippen LogP contribution in [-0.2, 0) is 4.74 Å². The molecule has 3 nitrogen and oxygen atoms in total. The highest BCUT2D eigenvalue weighted by atomic mass is 16.6. The summed E-state index contributed by atoms with van der Waals surface area (Å²) in [4.78, 5) is 10.9. The van der Waals surface area contributed by atoms with E-state index >= 15 is 0 Å². The second-order valence-corrected chi connectivity index (χ2v) is 4.27. The fourth-order valence-corrected chi connectivity index (χ4v) is 3.22. The number of alkyl carbamates (subject to hydrolysis) is 1. The van der Waals surface area contributed by atoms with Crippen molar-refractivity contribution in [3.05, 3.63) is 0 Å². The molecule has 1 saturated heterocycles. The van der Waals surface area contributed by atoms with Gasteiger partial charge in [-0.25, -0.2) is 4.79 Å². The molecule has 3 fully saturated rings. The second-order valence-electron chi connectivity index (χ2n) is 4.27. The lowest BCUT2D eigenvalue weighted by Crippen LogP contribution is -2.50. The number of hydrogen-bond acceptors (Lipinski definition) is 2. The van der Waals surface area contributed by atoms with Crippen LogP contribution in [0.1, 0.15) is 19.3 Å². The molecule has 1 amide bonds. The first-order valence-corrected chi connectivity index (χ1v) is 4.78. The van der Waals surface area contributed by atoms with Gasteiger partial charge in [-0.05, 0) is 31.1 Å². The van der Waals surface area contributed by atoms with Gasteiger partial charge in [0, 0.05) is 12.0 Å². The lowest BCUT2D eigenvalue weighted by Gasteiger charge is -2.34. The third kappa shape index (κ3) is 0.740. The SMILES string of the molecule is O=C1N[C@H]2[C@@H]3CC[C@@H](C3)[C@H]2CO1. The Morgan fingerprint density at radius 2 is 2.17 bits per heavy atom. The predicted octanol–water partition coefficient (Wildman–Crippen LogP) is 1.14. The number of ether oxygens (including phenoxy) is 1. The van der Waals surface area contributed by atoms with Gasteiger partial charge in [-0.3, -0.25) is 0 Å². The average Bonchev–Trinajstić information content (AvgIpc) is 2.63. The van der Waals surface area contributed by atoms with Gasteiger partial charge in [0.25, 0.3) is 0 Å². The van der Waals surface area contributed by atoms with Gasteiger partial charge in [0.1, 0.15) is 0 Å². The minimum Gasteiger partial charge on any atom is -0.449 e. The summed E-state index contributed by atoms with van der Waals surface area (Å²) in [6.07, 6.45) is 3.78. The van der Waals surface area contributed by atoms with Gasteiger partial charge in [-0.2, -0.15) is 0 Å². The highest BCUT2D eigenvalue weighted by Gasteiger charge is 2.50. The van der Waals surface area contributed by atoms with Crippen LogP contribution in [0, 0.1) is 17.8 Å². The van der Waals surface area contributed by atoms with Crippen molar-refractivity contribution in [2.45, 2.75) is 25.3 Å². The van der Waals surface area contributed by atoms with Gasteiger partial charge in [0.05, 0.1) is 6.61 Å². The number of amides is 1. The van der Waals surface area contributed by atoms with Crippen LogP contribution in [0.4, 0.5) is 4.79 Å². The molecule has 3 rings (SSSR count). The fourth-order valence-electron chi connectivity index (χ4n) is 3.22. The van der Waals surface area contributed by atoms with Crippen LogP contribution in [0.25, 0.3) is 0 Å². The molecule has 0 radical (unpaired) electrons. The van der Waals surface area contributed by atoms with Crippen LogP contribution in [0.3, 0.4) is 0 Å². The molecule has 2 aliphatic carbocycles. The van der Waals surface area contributed by atoms with Crippen molar-refractivity contribution < 1.29 is 9.53 Å². The summed E-state index contributed by atoms with van der Waals surface area (Å²) in [7, 11) is 0. The first kappa shape index (κ1) is 6.75. The normalized spacial score (nSPS) is 49.8. The number of carbonyl (C=O) groups excluding carboxylic acids is 1. The third-order valence-corrected chi connectivity index (χ3v) is 3.78. The van der Waals surface area contributed by atoms with E-state index in [1.165, 1.54) is 19.3 Å². The lowest BCUT2D eigenvalue weighted by atomic mass is 9.84. The van der Waals surface area contributed by atoms with Crippen LogP contribution in [0.15, 0.2) is 0 Å². The van der Waals surface area contributed by atoms with E-state index in [-0.39, 0.29) is 6.09 Å². The largest absolute Gasteiger partial charge is 0.449 e. The molecule has 0 aromatic carbocycles. The van der Waals surface area contributed by atoms with Gasteiger partial charge in [0.15, 0.2) is 0 Å². The molecule has 1 N–H and O–H groups in total. The zero-order valence-corrected chi connectivity index (χ0v) is 6.95. The summed E-state index contributed by atoms with van der Waals surface area (Å²) < 4.78 is 4.99. The molecule has 0 aromatic heterocycles. The standard InChI is InChI=1S/C9H13NO2/c11-9-10-8-6-2-1-5(3-6)7(8)4-12-9/h5-8H,1-4H2,(H,10,11)/t5-,6+,7+,8-/m0/s1. The summed E-state index contributed by atoms with van der Waals surface area (Å²) in [5, 5.41) is 2.95. The lowest BCUT2D eigenvalue weighted by molar-refractivity contribution is 0.0599. The minimum absolute atomic E-state index is 0.205. The van der Waals surface area contributed by atoms with E-state index in [1.807, 2.05) is 0 Å². The summed E-state index contributed by atoms with van der Waals surface area (Å²) in [5.74, 6) is 2.22. The van der Waals surface area contributed by atoms with E-state index in [0.29, 0.717) is 18.6 Å². The van der Waals surface area contributed by atoms with Crippen molar-refractivity contribution in [1.29, 1.82) is 0 Å². The summed E-state index contributed by atoms with van der Waals surface area (Å²) in [6.45, 7) is 0.664.